The number of sulfone groups is 1. The second-order valence-electron chi connectivity index (χ2n) is 6.81. The Balaban J connectivity index is 1.51. The molecule has 3 atom stereocenters. The van der Waals surface area contributed by atoms with E-state index in [1.54, 1.807) is 24.3 Å². The third-order valence-corrected chi connectivity index (χ3v) is 6.26. The van der Waals surface area contributed by atoms with Crippen LogP contribution in [0.1, 0.15) is 19.8 Å². The summed E-state index contributed by atoms with van der Waals surface area (Å²) in [6.45, 7) is 1.40. The number of rotatable bonds is 5. The molecule has 1 saturated carbocycles. The summed E-state index contributed by atoms with van der Waals surface area (Å²) in [7, 11) is -3.05. The molecule has 2 aliphatic rings. The summed E-state index contributed by atoms with van der Waals surface area (Å²) in [6, 6.07) is 6.40. The van der Waals surface area contributed by atoms with E-state index in [0.717, 1.165) is 0 Å². The van der Waals surface area contributed by atoms with E-state index >= 15 is 0 Å². The van der Waals surface area contributed by atoms with Gasteiger partial charge in [-0.2, -0.15) is 0 Å². The number of carbonyl (C=O) groups excluding carboxylic acids is 3. The Bertz CT molecular complexity index is 852. The molecule has 0 radical (unpaired) electrons. The maximum atomic E-state index is 12.3. The number of hydrogen-bond donors (Lipinski definition) is 3. The summed E-state index contributed by atoms with van der Waals surface area (Å²) in [4.78, 5) is 35.6. The van der Waals surface area contributed by atoms with Crippen LogP contribution in [0.2, 0.25) is 0 Å². The fourth-order valence-corrected chi connectivity index (χ4v) is 4.78. The van der Waals surface area contributed by atoms with Gasteiger partial charge in [0.25, 0.3) is 0 Å². The Morgan fingerprint density at radius 2 is 1.69 bits per heavy atom. The molecule has 26 heavy (non-hydrogen) atoms. The zero-order valence-corrected chi connectivity index (χ0v) is 15.1. The maximum absolute atomic E-state index is 12.3. The molecule has 0 aromatic heterocycles. The summed E-state index contributed by atoms with van der Waals surface area (Å²) in [5.74, 6) is -1.51. The summed E-state index contributed by atoms with van der Waals surface area (Å²) in [5, 5.41) is 8.11. The van der Waals surface area contributed by atoms with E-state index in [1.165, 1.54) is 6.92 Å². The highest BCUT2D eigenvalue weighted by atomic mass is 32.2. The van der Waals surface area contributed by atoms with Gasteiger partial charge in [0.2, 0.25) is 17.7 Å². The number of benzene rings is 1. The quantitative estimate of drug-likeness (QED) is 0.689. The number of carbonyl (C=O) groups is 3. The van der Waals surface area contributed by atoms with Gasteiger partial charge in [-0.05, 0) is 31.0 Å². The minimum atomic E-state index is -3.05. The topological polar surface area (TPSA) is 121 Å². The predicted molar refractivity (Wildman–Crippen MR) is 96.2 cm³/mol. The molecule has 3 unspecified atom stereocenters. The van der Waals surface area contributed by atoms with Crippen molar-refractivity contribution in [1.29, 1.82) is 0 Å². The molecule has 1 aromatic carbocycles. The molecule has 1 saturated heterocycles. The van der Waals surface area contributed by atoms with Gasteiger partial charge in [-0.25, -0.2) is 8.42 Å². The lowest BCUT2D eigenvalue weighted by atomic mass is 10.2. The monoisotopic (exact) mass is 379 g/mol. The molecular weight excluding hydrogens is 358 g/mol. The molecule has 3 amide bonds. The molecule has 3 rings (SSSR count). The van der Waals surface area contributed by atoms with E-state index in [1.807, 2.05) is 0 Å². The van der Waals surface area contributed by atoms with E-state index in [2.05, 4.69) is 16.0 Å². The van der Waals surface area contributed by atoms with Gasteiger partial charge in [0.05, 0.1) is 23.3 Å². The van der Waals surface area contributed by atoms with Crippen LogP contribution < -0.4 is 16.0 Å². The van der Waals surface area contributed by atoms with Crippen molar-refractivity contribution in [2.45, 2.75) is 25.8 Å². The second-order valence-corrected chi connectivity index (χ2v) is 9.04. The first-order chi connectivity index (χ1) is 12.2. The zero-order chi connectivity index (χ0) is 18.9. The lowest BCUT2D eigenvalue weighted by Gasteiger charge is -2.11. The third-order valence-electron chi connectivity index (χ3n) is 4.49. The van der Waals surface area contributed by atoms with Crippen LogP contribution in [0.3, 0.4) is 0 Å². The maximum Gasteiger partial charge on any atom is 0.228 e. The lowest BCUT2D eigenvalue weighted by Crippen LogP contribution is -2.37. The fraction of sp³-hybridized carbons (Fsp3) is 0.471. The zero-order valence-electron chi connectivity index (χ0n) is 14.3. The summed E-state index contributed by atoms with van der Waals surface area (Å²) >= 11 is 0. The number of amides is 3. The van der Waals surface area contributed by atoms with Crippen molar-refractivity contribution in [3.05, 3.63) is 24.3 Å². The Morgan fingerprint density at radius 1 is 1.04 bits per heavy atom. The largest absolute Gasteiger partial charge is 0.352 e. The Kier molecular flexibility index (Phi) is 4.99. The van der Waals surface area contributed by atoms with E-state index in [0.29, 0.717) is 24.2 Å². The molecule has 1 aromatic rings. The smallest absolute Gasteiger partial charge is 0.228 e. The molecule has 8 nitrogen and oxygen atoms in total. The van der Waals surface area contributed by atoms with Crippen molar-refractivity contribution in [3.8, 4) is 0 Å². The van der Waals surface area contributed by atoms with E-state index < -0.39 is 21.7 Å². The van der Waals surface area contributed by atoms with Gasteiger partial charge in [0.15, 0.2) is 9.84 Å². The van der Waals surface area contributed by atoms with Crippen molar-refractivity contribution in [2.75, 3.05) is 22.1 Å². The fourth-order valence-electron chi connectivity index (χ4n) is 3.10. The van der Waals surface area contributed by atoms with Crippen LogP contribution in [0.15, 0.2) is 24.3 Å². The molecule has 1 aliphatic heterocycles. The van der Waals surface area contributed by atoms with E-state index in [-0.39, 0.29) is 35.3 Å². The molecule has 0 spiro atoms. The Labute approximate surface area is 151 Å². The first kappa shape index (κ1) is 18.4. The normalized spacial score (nSPS) is 26.0. The average Bonchev–Trinajstić information content (AvgIpc) is 3.26. The highest BCUT2D eigenvalue weighted by molar-refractivity contribution is 7.91. The van der Waals surface area contributed by atoms with Gasteiger partial charge >= 0.3 is 0 Å². The van der Waals surface area contributed by atoms with Gasteiger partial charge < -0.3 is 16.0 Å². The van der Waals surface area contributed by atoms with E-state index in [9.17, 15) is 22.8 Å². The molecule has 140 valence electrons. The van der Waals surface area contributed by atoms with Crippen molar-refractivity contribution in [2.24, 2.45) is 11.8 Å². The number of anilines is 2. The van der Waals surface area contributed by atoms with Crippen LogP contribution in [0, 0.1) is 11.8 Å². The molecular formula is C17H21N3O5S. The van der Waals surface area contributed by atoms with Crippen LogP contribution in [0.4, 0.5) is 11.4 Å². The molecule has 2 fully saturated rings. The number of hydrogen-bond acceptors (Lipinski definition) is 5. The first-order valence-corrected chi connectivity index (χ1v) is 10.2. The van der Waals surface area contributed by atoms with Crippen LogP contribution in [-0.4, -0.2) is 43.7 Å². The minimum absolute atomic E-state index is 0.0295. The predicted octanol–water partition coefficient (Wildman–Crippen LogP) is 0.523. The van der Waals surface area contributed by atoms with Crippen molar-refractivity contribution >= 4 is 38.9 Å². The SMILES string of the molecule is CC(=O)Nc1cccc(NC(=O)C2CC2C(=O)NC2CCS(=O)(=O)C2)c1. The van der Waals surface area contributed by atoms with Gasteiger partial charge in [-0.15, -0.1) is 0 Å². The molecule has 3 N–H and O–H groups in total. The highest BCUT2D eigenvalue weighted by Crippen LogP contribution is 2.40. The highest BCUT2D eigenvalue weighted by Gasteiger charge is 2.48. The average molecular weight is 379 g/mol. The van der Waals surface area contributed by atoms with Crippen molar-refractivity contribution < 1.29 is 22.8 Å². The van der Waals surface area contributed by atoms with Crippen LogP contribution >= 0.6 is 0 Å². The van der Waals surface area contributed by atoms with Gasteiger partial charge in [0, 0.05) is 24.3 Å². The molecule has 1 aliphatic carbocycles. The van der Waals surface area contributed by atoms with Crippen molar-refractivity contribution in [3.63, 3.8) is 0 Å². The van der Waals surface area contributed by atoms with Gasteiger partial charge in [-0.3, -0.25) is 14.4 Å². The van der Waals surface area contributed by atoms with Gasteiger partial charge in [0.1, 0.15) is 0 Å². The Hall–Kier alpha value is -2.42. The summed E-state index contributed by atoms with van der Waals surface area (Å²) < 4.78 is 22.9. The van der Waals surface area contributed by atoms with Crippen LogP contribution in [-0.2, 0) is 24.2 Å². The molecule has 9 heteroatoms. The molecule has 1 heterocycles. The first-order valence-electron chi connectivity index (χ1n) is 8.43. The van der Waals surface area contributed by atoms with Crippen LogP contribution in [0.5, 0.6) is 0 Å². The second kappa shape index (κ2) is 7.06. The summed E-state index contributed by atoms with van der Waals surface area (Å²) in [5.41, 5.74) is 1.11. The summed E-state index contributed by atoms with van der Waals surface area (Å²) in [6.07, 6.45) is 0.871. The van der Waals surface area contributed by atoms with Crippen molar-refractivity contribution in [1.82, 2.24) is 5.32 Å². The lowest BCUT2D eigenvalue weighted by molar-refractivity contribution is -0.125. The number of nitrogens with one attached hydrogen (secondary N) is 3. The molecule has 0 bridgehead atoms. The minimum Gasteiger partial charge on any atom is -0.352 e. The van der Waals surface area contributed by atoms with Crippen LogP contribution in [0.25, 0.3) is 0 Å². The van der Waals surface area contributed by atoms with Gasteiger partial charge in [-0.1, -0.05) is 6.07 Å². The standard InChI is InChI=1S/C17H21N3O5S/c1-10(21)18-11-3-2-4-12(7-11)19-16(22)14-8-15(14)17(23)20-13-5-6-26(24,25)9-13/h2-4,7,13-15H,5-6,8-9H2,1H3,(H,18,21)(H,19,22)(H,20,23). The van der Waals surface area contributed by atoms with E-state index in [4.69, 9.17) is 0 Å². The third kappa shape index (κ3) is 4.60. The Morgan fingerprint density at radius 3 is 2.31 bits per heavy atom.